The maximum Gasteiger partial charge on any atom is 0.327 e. The van der Waals surface area contributed by atoms with Gasteiger partial charge >= 0.3 is 5.97 Å². The Bertz CT molecular complexity index is 415. The number of fused-ring (bicyclic) bond motifs is 1. The highest BCUT2D eigenvalue weighted by molar-refractivity contribution is 5.77. The Morgan fingerprint density at radius 2 is 1.89 bits per heavy atom. The lowest BCUT2D eigenvalue weighted by Crippen LogP contribution is -2.41. The number of ether oxygens (including phenoxy) is 1. The van der Waals surface area contributed by atoms with E-state index in [4.69, 9.17) is 4.74 Å². The summed E-state index contributed by atoms with van der Waals surface area (Å²) in [4.78, 5) is 13.8. The van der Waals surface area contributed by atoms with Crippen LogP contribution >= 0.6 is 0 Å². The molecule has 1 aliphatic rings. The van der Waals surface area contributed by atoms with E-state index in [9.17, 15) is 4.79 Å². The summed E-state index contributed by atoms with van der Waals surface area (Å²) >= 11 is 0. The zero-order valence-electron chi connectivity index (χ0n) is 10.8. The maximum atomic E-state index is 11.7. The molecule has 0 N–H and O–H groups in total. The van der Waals surface area contributed by atoms with Crippen LogP contribution in [0.2, 0.25) is 0 Å². The molecule has 3 heteroatoms. The Kier molecular flexibility index (Phi) is 4.15. The standard InChI is InChI=1S/C15H19NO2/c1-3-14(15(17)18-2)16-10-8-12-6-4-5-7-13(12)9-11-16/h3-7,14H,1,8-11H2,2H3. The lowest BCUT2D eigenvalue weighted by molar-refractivity contribution is -0.145. The second-order valence-electron chi connectivity index (χ2n) is 4.51. The van der Waals surface area contributed by atoms with Gasteiger partial charge in [-0.3, -0.25) is 9.69 Å². The van der Waals surface area contributed by atoms with Crippen LogP contribution in [0.4, 0.5) is 0 Å². The second kappa shape index (κ2) is 5.83. The third-order valence-corrected chi connectivity index (χ3v) is 3.51. The van der Waals surface area contributed by atoms with Gasteiger partial charge in [-0.05, 0) is 24.0 Å². The van der Waals surface area contributed by atoms with Crippen molar-refractivity contribution >= 4 is 5.97 Å². The zero-order valence-corrected chi connectivity index (χ0v) is 10.8. The monoisotopic (exact) mass is 245 g/mol. The first-order valence-corrected chi connectivity index (χ1v) is 6.27. The number of hydrogen-bond acceptors (Lipinski definition) is 3. The molecule has 96 valence electrons. The number of carbonyl (C=O) groups excluding carboxylic acids is 1. The largest absolute Gasteiger partial charge is 0.468 e. The van der Waals surface area contributed by atoms with Crippen molar-refractivity contribution in [3.05, 3.63) is 48.0 Å². The number of methoxy groups -OCH3 is 1. The molecule has 1 unspecified atom stereocenters. The molecule has 0 bridgehead atoms. The second-order valence-corrected chi connectivity index (χ2v) is 4.51. The minimum Gasteiger partial charge on any atom is -0.468 e. The van der Waals surface area contributed by atoms with E-state index >= 15 is 0 Å². The number of carbonyl (C=O) groups is 1. The van der Waals surface area contributed by atoms with Crippen molar-refractivity contribution in [3.63, 3.8) is 0 Å². The van der Waals surface area contributed by atoms with E-state index in [0.29, 0.717) is 0 Å². The highest BCUT2D eigenvalue weighted by atomic mass is 16.5. The van der Waals surface area contributed by atoms with E-state index in [2.05, 4.69) is 35.7 Å². The number of benzene rings is 1. The highest BCUT2D eigenvalue weighted by Crippen LogP contribution is 2.17. The van der Waals surface area contributed by atoms with Crippen LogP contribution in [0.1, 0.15) is 11.1 Å². The third kappa shape index (κ3) is 2.62. The van der Waals surface area contributed by atoms with E-state index in [0.717, 1.165) is 25.9 Å². The number of nitrogens with zero attached hydrogens (tertiary/aromatic N) is 1. The Balaban J connectivity index is 2.11. The molecule has 0 aliphatic carbocycles. The van der Waals surface area contributed by atoms with Gasteiger partial charge in [0.25, 0.3) is 0 Å². The summed E-state index contributed by atoms with van der Waals surface area (Å²) in [7, 11) is 1.42. The van der Waals surface area contributed by atoms with E-state index in [1.54, 1.807) is 6.08 Å². The van der Waals surface area contributed by atoms with E-state index in [1.165, 1.54) is 18.2 Å². The molecule has 18 heavy (non-hydrogen) atoms. The van der Waals surface area contributed by atoms with Gasteiger partial charge in [0, 0.05) is 13.1 Å². The van der Waals surface area contributed by atoms with Gasteiger partial charge in [0.05, 0.1) is 7.11 Å². The van der Waals surface area contributed by atoms with Crippen LogP contribution in [-0.2, 0) is 22.4 Å². The molecule has 1 heterocycles. The summed E-state index contributed by atoms with van der Waals surface area (Å²) in [5.41, 5.74) is 2.76. The van der Waals surface area contributed by atoms with Crippen LogP contribution in [0.3, 0.4) is 0 Å². The Labute approximate surface area is 108 Å². The lowest BCUT2D eigenvalue weighted by Gasteiger charge is -2.25. The number of esters is 1. The highest BCUT2D eigenvalue weighted by Gasteiger charge is 2.25. The molecule has 1 aromatic carbocycles. The topological polar surface area (TPSA) is 29.5 Å². The average molecular weight is 245 g/mol. The summed E-state index contributed by atoms with van der Waals surface area (Å²) in [6, 6.07) is 8.14. The predicted molar refractivity (Wildman–Crippen MR) is 71.4 cm³/mol. The molecule has 0 amide bonds. The van der Waals surface area contributed by atoms with Crippen molar-refractivity contribution in [1.29, 1.82) is 0 Å². The normalized spacial score (nSPS) is 17.4. The Hall–Kier alpha value is -1.61. The van der Waals surface area contributed by atoms with Gasteiger partial charge in [-0.25, -0.2) is 0 Å². The van der Waals surface area contributed by atoms with Crippen molar-refractivity contribution in [2.24, 2.45) is 0 Å². The molecule has 1 atom stereocenters. The molecule has 0 aromatic heterocycles. The molecular weight excluding hydrogens is 226 g/mol. The maximum absolute atomic E-state index is 11.7. The Morgan fingerprint density at radius 3 is 2.33 bits per heavy atom. The molecule has 2 rings (SSSR count). The van der Waals surface area contributed by atoms with Crippen molar-refractivity contribution in [3.8, 4) is 0 Å². The molecule has 0 saturated heterocycles. The molecule has 1 aliphatic heterocycles. The van der Waals surface area contributed by atoms with Crippen molar-refractivity contribution in [2.45, 2.75) is 18.9 Å². The van der Waals surface area contributed by atoms with Crippen LogP contribution in [0, 0.1) is 0 Å². The first kappa shape index (κ1) is 12.8. The fourth-order valence-electron chi connectivity index (χ4n) is 2.48. The van der Waals surface area contributed by atoms with Gasteiger partial charge in [0.15, 0.2) is 0 Å². The van der Waals surface area contributed by atoms with E-state index in [1.807, 2.05) is 0 Å². The number of hydrogen-bond donors (Lipinski definition) is 0. The summed E-state index contributed by atoms with van der Waals surface area (Å²) in [6.45, 7) is 5.47. The molecule has 1 aromatic rings. The fraction of sp³-hybridized carbons (Fsp3) is 0.400. The van der Waals surface area contributed by atoms with Crippen LogP contribution in [0.5, 0.6) is 0 Å². The summed E-state index contributed by atoms with van der Waals surface area (Å²) < 4.78 is 4.82. The van der Waals surface area contributed by atoms with E-state index in [-0.39, 0.29) is 12.0 Å². The van der Waals surface area contributed by atoms with Crippen LogP contribution in [-0.4, -0.2) is 37.1 Å². The average Bonchev–Trinajstić information content (AvgIpc) is 2.62. The van der Waals surface area contributed by atoms with Gasteiger partial charge in [-0.2, -0.15) is 0 Å². The van der Waals surface area contributed by atoms with Gasteiger partial charge in [0.1, 0.15) is 6.04 Å². The van der Waals surface area contributed by atoms with Gasteiger partial charge in [-0.1, -0.05) is 30.3 Å². The molecule has 0 saturated carbocycles. The molecule has 3 nitrogen and oxygen atoms in total. The molecule has 0 fully saturated rings. The van der Waals surface area contributed by atoms with Crippen molar-refractivity contribution < 1.29 is 9.53 Å². The van der Waals surface area contributed by atoms with Crippen LogP contribution < -0.4 is 0 Å². The minimum atomic E-state index is -0.329. The molecule has 0 radical (unpaired) electrons. The van der Waals surface area contributed by atoms with Gasteiger partial charge in [0.2, 0.25) is 0 Å². The predicted octanol–water partition coefficient (Wildman–Crippen LogP) is 1.81. The first-order valence-electron chi connectivity index (χ1n) is 6.27. The summed E-state index contributed by atoms with van der Waals surface area (Å²) in [5, 5.41) is 0. The SMILES string of the molecule is C=CC(C(=O)OC)N1CCc2ccccc2CC1. The zero-order chi connectivity index (χ0) is 13.0. The van der Waals surface area contributed by atoms with Crippen LogP contribution in [0.25, 0.3) is 0 Å². The minimum absolute atomic E-state index is 0.226. The third-order valence-electron chi connectivity index (χ3n) is 3.51. The number of rotatable bonds is 3. The Morgan fingerprint density at radius 1 is 1.33 bits per heavy atom. The quantitative estimate of drug-likeness (QED) is 0.601. The van der Waals surface area contributed by atoms with Crippen molar-refractivity contribution in [1.82, 2.24) is 4.90 Å². The van der Waals surface area contributed by atoms with Crippen LogP contribution in [0.15, 0.2) is 36.9 Å². The van der Waals surface area contributed by atoms with Crippen molar-refractivity contribution in [2.75, 3.05) is 20.2 Å². The summed E-state index contributed by atoms with van der Waals surface area (Å²) in [6.07, 6.45) is 3.61. The molecule has 0 spiro atoms. The molecular formula is C15H19NO2. The lowest BCUT2D eigenvalue weighted by atomic mass is 10.0. The van der Waals surface area contributed by atoms with E-state index < -0.39 is 0 Å². The fourth-order valence-corrected chi connectivity index (χ4v) is 2.48. The smallest absolute Gasteiger partial charge is 0.327 e. The summed E-state index contributed by atoms with van der Waals surface area (Å²) in [5.74, 6) is -0.226. The van der Waals surface area contributed by atoms with Gasteiger partial charge < -0.3 is 4.74 Å². The van der Waals surface area contributed by atoms with Gasteiger partial charge in [-0.15, -0.1) is 6.58 Å². The first-order chi connectivity index (χ1) is 8.76.